The van der Waals surface area contributed by atoms with Crippen LogP contribution in [0.3, 0.4) is 0 Å². The predicted octanol–water partition coefficient (Wildman–Crippen LogP) is -1.80. The Balaban J connectivity index is 2.43. The number of hydrogen-bond acceptors (Lipinski definition) is 8. The number of benzene rings is 1. The molecule has 0 radical (unpaired) electrons. The van der Waals surface area contributed by atoms with E-state index in [1.165, 1.54) is 0 Å². The van der Waals surface area contributed by atoms with Gasteiger partial charge in [0.05, 0.1) is 7.98 Å². The topological polar surface area (TPSA) is 132 Å². The van der Waals surface area contributed by atoms with Crippen molar-refractivity contribution in [3.05, 3.63) is 35.9 Å². The smallest absolute Gasteiger partial charge is 0.251 e. The molecule has 22 heavy (non-hydrogen) atoms. The summed E-state index contributed by atoms with van der Waals surface area (Å²) in [6, 6.07) is 6.50. The lowest BCUT2D eigenvalue weighted by molar-refractivity contribution is -0.450. The molecule has 0 aromatic heterocycles. The highest BCUT2D eigenvalue weighted by Gasteiger charge is 2.65. The highest BCUT2D eigenvalue weighted by atomic mass is 16.7. The Bertz CT molecular complexity index is 568. The minimum atomic E-state index is -3.05. The van der Waals surface area contributed by atoms with Gasteiger partial charge >= 0.3 is 0 Å². The molecule has 0 aliphatic carbocycles. The van der Waals surface area contributed by atoms with E-state index in [4.69, 9.17) is 16.0 Å². The number of aliphatic hydroxyl groups is 5. The van der Waals surface area contributed by atoms with Gasteiger partial charge in [-0.15, -0.1) is 0 Å². The van der Waals surface area contributed by atoms with Crippen LogP contribution in [-0.4, -0.2) is 75.5 Å². The Morgan fingerprint density at radius 3 is 2.55 bits per heavy atom. The first-order valence-electron chi connectivity index (χ1n) is 7.04. The average molecular weight is 314 g/mol. The number of aliphatic hydroxyl groups excluding tert-OH is 2. The second kappa shape index (κ2) is 6.39. The molecule has 1 aromatic carbocycles. The molecule has 1 heterocycles. The van der Waals surface area contributed by atoms with Gasteiger partial charge in [0.2, 0.25) is 0 Å². The normalized spacial score (nSPS) is 36.0. The number of nitrogens with zero attached hydrogens (tertiary/aromatic N) is 1. The summed E-state index contributed by atoms with van der Waals surface area (Å²) in [5.41, 5.74) is 0.379. The van der Waals surface area contributed by atoms with Gasteiger partial charge < -0.3 is 35.0 Å². The highest BCUT2D eigenvalue weighted by Crippen LogP contribution is 2.38. The number of hydrogen-bond donors (Lipinski definition) is 5. The van der Waals surface area contributed by atoms with E-state index >= 15 is 0 Å². The lowest BCUT2D eigenvalue weighted by Crippen LogP contribution is -2.75. The first-order valence-corrected chi connectivity index (χ1v) is 6.54. The van der Waals surface area contributed by atoms with Crippen molar-refractivity contribution < 1.29 is 36.4 Å². The lowest BCUT2D eigenvalue weighted by Gasteiger charge is -2.50. The van der Waals surface area contributed by atoms with Gasteiger partial charge in [0.1, 0.15) is 6.10 Å². The third-order valence-electron chi connectivity index (χ3n) is 3.53. The summed E-state index contributed by atoms with van der Waals surface area (Å²) < 4.78 is 17.6. The Labute approximate surface area is 128 Å². The second-order valence-corrected chi connectivity index (χ2v) is 4.88. The number of aliphatic imine (C=N–C) groups is 1. The first-order chi connectivity index (χ1) is 10.8. The zero-order chi connectivity index (χ0) is 17.3. The number of ether oxygens (including phenoxy) is 2. The van der Waals surface area contributed by atoms with Crippen molar-refractivity contribution in [2.24, 2.45) is 4.99 Å². The molecular formula is C14H19NO7. The molecule has 8 nitrogen and oxygen atoms in total. The molecule has 0 bridgehead atoms. The minimum absolute atomic E-state index is 0.327. The standard InChI is InChI=1S/C14H19NO7/c1-21-14(20)11(15-7-9-5-3-2-4-6-9)12(17)22-10(8-16)13(14,18)19/h2-7,10-12,16-20H,8H2,1H3/t10-,11+,12?,14+/m1/s1/i7D. The van der Waals surface area contributed by atoms with Gasteiger partial charge in [0, 0.05) is 13.3 Å². The van der Waals surface area contributed by atoms with Crippen molar-refractivity contribution in [3.8, 4) is 0 Å². The molecule has 5 N–H and O–H groups in total. The molecule has 1 aromatic rings. The number of rotatable bonds is 4. The summed E-state index contributed by atoms with van der Waals surface area (Å²) in [7, 11) is 0.975. The van der Waals surface area contributed by atoms with Crippen molar-refractivity contribution in [2.45, 2.75) is 30.0 Å². The van der Waals surface area contributed by atoms with Crippen LogP contribution >= 0.6 is 0 Å². The van der Waals surface area contributed by atoms with Crippen LogP contribution in [0.15, 0.2) is 35.3 Å². The van der Waals surface area contributed by atoms with Crippen LogP contribution in [0.2, 0.25) is 0 Å². The van der Waals surface area contributed by atoms with Crippen LogP contribution in [0.4, 0.5) is 0 Å². The molecular weight excluding hydrogens is 294 g/mol. The molecule has 1 fully saturated rings. The van der Waals surface area contributed by atoms with Crippen LogP contribution in [0.5, 0.6) is 0 Å². The van der Waals surface area contributed by atoms with Gasteiger partial charge in [-0.1, -0.05) is 30.3 Å². The quantitative estimate of drug-likeness (QED) is 0.327. The van der Waals surface area contributed by atoms with E-state index in [-0.39, 0.29) is 6.19 Å². The van der Waals surface area contributed by atoms with E-state index < -0.39 is 36.6 Å². The average Bonchev–Trinajstić information content (AvgIpc) is 2.55. The summed E-state index contributed by atoms with van der Waals surface area (Å²) >= 11 is 0. The molecule has 0 saturated carbocycles. The third kappa shape index (κ3) is 2.77. The number of methoxy groups -OCH3 is 1. The zero-order valence-corrected chi connectivity index (χ0v) is 11.8. The molecule has 2 rings (SSSR count). The van der Waals surface area contributed by atoms with E-state index in [1.54, 1.807) is 30.3 Å². The molecule has 1 aliphatic rings. The Morgan fingerprint density at radius 1 is 1.36 bits per heavy atom. The Kier molecular flexibility index (Phi) is 4.50. The minimum Gasteiger partial charge on any atom is -0.393 e. The van der Waals surface area contributed by atoms with E-state index in [0.29, 0.717) is 5.56 Å². The SMILES string of the molecule is [2H]C(=N[C@H]1C(O)O[C@H](CO)C(O)(O)[C@@]1(O)OC)c1ccccc1. The first kappa shape index (κ1) is 15.5. The maximum atomic E-state index is 10.5. The fourth-order valence-electron chi connectivity index (χ4n) is 2.23. The molecule has 1 aliphatic heterocycles. The molecule has 1 unspecified atom stereocenters. The second-order valence-electron chi connectivity index (χ2n) is 4.88. The predicted molar refractivity (Wildman–Crippen MR) is 74.9 cm³/mol. The van der Waals surface area contributed by atoms with Gasteiger partial charge in [-0.05, 0) is 5.56 Å². The summed E-state index contributed by atoms with van der Waals surface area (Å²) in [6.45, 7) is -0.890. The maximum Gasteiger partial charge on any atom is 0.251 e. The molecule has 0 amide bonds. The molecule has 1 saturated heterocycles. The molecule has 8 heteroatoms. The van der Waals surface area contributed by atoms with Gasteiger partial charge in [0.25, 0.3) is 11.6 Å². The lowest BCUT2D eigenvalue weighted by atomic mass is 9.89. The highest BCUT2D eigenvalue weighted by molar-refractivity contribution is 5.79. The van der Waals surface area contributed by atoms with Crippen molar-refractivity contribution >= 4 is 6.19 Å². The van der Waals surface area contributed by atoms with Crippen molar-refractivity contribution in [1.29, 1.82) is 0 Å². The maximum absolute atomic E-state index is 10.5. The van der Waals surface area contributed by atoms with Crippen LogP contribution in [0, 0.1) is 0 Å². The van der Waals surface area contributed by atoms with E-state index in [9.17, 15) is 20.4 Å². The summed E-state index contributed by atoms with van der Waals surface area (Å²) in [4.78, 5) is 3.81. The largest absolute Gasteiger partial charge is 0.393 e. The Morgan fingerprint density at radius 2 is 2.00 bits per heavy atom. The summed E-state index contributed by atoms with van der Waals surface area (Å²) in [5.74, 6) is -5.85. The fraction of sp³-hybridized carbons (Fsp3) is 0.500. The van der Waals surface area contributed by atoms with E-state index in [1.807, 2.05) is 0 Å². The zero-order valence-electron chi connectivity index (χ0n) is 12.8. The summed E-state index contributed by atoms with van der Waals surface area (Å²) in [5, 5.41) is 49.7. The van der Waals surface area contributed by atoms with Crippen LogP contribution in [0.25, 0.3) is 0 Å². The summed E-state index contributed by atoms with van der Waals surface area (Å²) in [6.07, 6.45) is -3.87. The van der Waals surface area contributed by atoms with Crippen molar-refractivity contribution in [3.63, 3.8) is 0 Å². The van der Waals surface area contributed by atoms with Gasteiger partial charge in [0.15, 0.2) is 12.3 Å². The molecule has 0 spiro atoms. The van der Waals surface area contributed by atoms with E-state index in [2.05, 4.69) is 4.99 Å². The van der Waals surface area contributed by atoms with E-state index in [0.717, 1.165) is 7.11 Å². The Hall–Kier alpha value is -1.39. The van der Waals surface area contributed by atoms with Gasteiger partial charge in [-0.25, -0.2) is 0 Å². The van der Waals surface area contributed by atoms with Crippen LogP contribution < -0.4 is 0 Å². The molecule has 122 valence electrons. The molecule has 4 atom stereocenters. The third-order valence-corrected chi connectivity index (χ3v) is 3.53. The van der Waals surface area contributed by atoms with Gasteiger partial charge in [-0.2, -0.15) is 0 Å². The fourth-order valence-corrected chi connectivity index (χ4v) is 2.23. The van der Waals surface area contributed by atoms with Crippen LogP contribution in [0.1, 0.15) is 6.93 Å². The van der Waals surface area contributed by atoms with Crippen LogP contribution in [-0.2, 0) is 9.47 Å². The van der Waals surface area contributed by atoms with Crippen molar-refractivity contribution in [2.75, 3.05) is 13.7 Å². The van der Waals surface area contributed by atoms with Gasteiger partial charge in [-0.3, -0.25) is 4.99 Å². The monoisotopic (exact) mass is 314 g/mol. The van der Waals surface area contributed by atoms with Crippen molar-refractivity contribution in [1.82, 2.24) is 0 Å².